The highest BCUT2D eigenvalue weighted by molar-refractivity contribution is 4.71. The van der Waals surface area contributed by atoms with Gasteiger partial charge in [-0.05, 0) is 26.3 Å². The van der Waals surface area contributed by atoms with Crippen molar-refractivity contribution in [2.45, 2.75) is 44.7 Å². The van der Waals surface area contributed by atoms with Crippen molar-refractivity contribution in [2.24, 2.45) is 5.73 Å². The van der Waals surface area contributed by atoms with E-state index >= 15 is 0 Å². The number of nitrogens with two attached hydrogens (primary N) is 1. The van der Waals surface area contributed by atoms with E-state index in [1.165, 1.54) is 0 Å². The lowest BCUT2D eigenvalue weighted by molar-refractivity contribution is -0.236. The van der Waals surface area contributed by atoms with Gasteiger partial charge in [0.1, 0.15) is 0 Å². The zero-order chi connectivity index (χ0) is 9.68. The summed E-state index contributed by atoms with van der Waals surface area (Å²) in [6.07, 6.45) is 2.57. The van der Waals surface area contributed by atoms with E-state index in [-0.39, 0.29) is 25.1 Å². The Kier molecular flexibility index (Phi) is 4.66. The number of rotatable bonds is 4. The third-order valence-electron chi connectivity index (χ3n) is 2.23. The summed E-state index contributed by atoms with van der Waals surface area (Å²) in [6.45, 7) is 2.70. The van der Waals surface area contributed by atoms with E-state index in [1.807, 2.05) is 6.92 Å². The molecule has 0 amide bonds. The van der Waals surface area contributed by atoms with Gasteiger partial charge >= 0.3 is 0 Å². The summed E-state index contributed by atoms with van der Waals surface area (Å²) in [6, 6.07) is 0. The van der Waals surface area contributed by atoms with Crippen LogP contribution in [0.3, 0.4) is 0 Å². The lowest BCUT2D eigenvalue weighted by Gasteiger charge is -2.33. The molecule has 1 fully saturated rings. The summed E-state index contributed by atoms with van der Waals surface area (Å²) in [7, 11) is 0. The maximum Gasteiger partial charge on any atom is 0.155 e. The minimum Gasteiger partial charge on any atom is -0.396 e. The van der Waals surface area contributed by atoms with Crippen molar-refractivity contribution in [3.8, 4) is 0 Å². The molecule has 0 spiro atoms. The maximum absolute atomic E-state index is 8.78. The molecule has 0 aromatic carbocycles. The van der Waals surface area contributed by atoms with E-state index in [0.717, 1.165) is 12.8 Å². The van der Waals surface area contributed by atoms with Crippen LogP contribution >= 0.6 is 0 Å². The average Bonchev–Trinajstić information content (AvgIpc) is 2.04. The Balaban J connectivity index is 2.33. The molecule has 1 aliphatic rings. The van der Waals surface area contributed by atoms with Gasteiger partial charge in [-0.2, -0.15) is 0 Å². The van der Waals surface area contributed by atoms with Crippen molar-refractivity contribution in [2.75, 3.05) is 13.2 Å². The second-order valence-electron chi connectivity index (χ2n) is 3.41. The van der Waals surface area contributed by atoms with E-state index in [1.54, 1.807) is 0 Å². The van der Waals surface area contributed by atoms with Gasteiger partial charge in [-0.3, -0.25) is 0 Å². The minimum atomic E-state index is -0.165. The van der Waals surface area contributed by atoms with Gasteiger partial charge in [0, 0.05) is 13.0 Å². The van der Waals surface area contributed by atoms with Crippen LogP contribution in [0.2, 0.25) is 0 Å². The van der Waals surface area contributed by atoms with Crippen molar-refractivity contribution in [3.63, 3.8) is 0 Å². The van der Waals surface area contributed by atoms with Gasteiger partial charge in [-0.1, -0.05) is 0 Å². The monoisotopic (exact) mass is 189 g/mol. The van der Waals surface area contributed by atoms with Crippen LogP contribution in [0.1, 0.15) is 26.2 Å². The first-order valence-electron chi connectivity index (χ1n) is 4.88. The first kappa shape index (κ1) is 10.9. The molecule has 0 saturated carbocycles. The lowest BCUT2D eigenvalue weighted by Crippen LogP contribution is -2.38. The van der Waals surface area contributed by atoms with Gasteiger partial charge in [-0.25, -0.2) is 0 Å². The first-order valence-corrected chi connectivity index (χ1v) is 4.88. The summed E-state index contributed by atoms with van der Waals surface area (Å²) in [4.78, 5) is 0. The van der Waals surface area contributed by atoms with Crippen LogP contribution in [0, 0.1) is 0 Å². The summed E-state index contributed by atoms with van der Waals surface area (Å²) < 4.78 is 11.0. The molecule has 0 bridgehead atoms. The molecule has 4 heteroatoms. The SMILES string of the molecule is CC1OC(CCN)CC(CCO)O1. The fraction of sp³-hybridized carbons (Fsp3) is 1.00. The van der Waals surface area contributed by atoms with E-state index in [9.17, 15) is 0 Å². The zero-order valence-corrected chi connectivity index (χ0v) is 8.11. The van der Waals surface area contributed by atoms with Crippen LogP contribution in [0.25, 0.3) is 0 Å². The van der Waals surface area contributed by atoms with Crippen LogP contribution in [0.15, 0.2) is 0 Å². The normalized spacial score (nSPS) is 34.8. The Bertz CT molecular complexity index is 129. The van der Waals surface area contributed by atoms with Crippen LogP contribution in [0.4, 0.5) is 0 Å². The number of aliphatic hydroxyl groups excluding tert-OH is 1. The van der Waals surface area contributed by atoms with Gasteiger partial charge < -0.3 is 20.3 Å². The Morgan fingerprint density at radius 1 is 1.31 bits per heavy atom. The molecule has 1 rings (SSSR count). The highest BCUT2D eigenvalue weighted by Gasteiger charge is 2.26. The molecular formula is C9H19NO3. The van der Waals surface area contributed by atoms with Gasteiger partial charge in [0.25, 0.3) is 0 Å². The molecule has 0 aromatic heterocycles. The molecule has 78 valence electrons. The van der Waals surface area contributed by atoms with Crippen molar-refractivity contribution in [1.82, 2.24) is 0 Å². The Morgan fingerprint density at radius 2 is 1.92 bits per heavy atom. The molecule has 3 N–H and O–H groups in total. The predicted octanol–water partition coefficient (Wildman–Crippen LogP) is 0.238. The van der Waals surface area contributed by atoms with Crippen molar-refractivity contribution in [3.05, 3.63) is 0 Å². The van der Waals surface area contributed by atoms with Gasteiger partial charge in [0.05, 0.1) is 12.2 Å². The van der Waals surface area contributed by atoms with Gasteiger partial charge in [0.15, 0.2) is 6.29 Å². The molecule has 4 nitrogen and oxygen atoms in total. The molecule has 13 heavy (non-hydrogen) atoms. The van der Waals surface area contributed by atoms with E-state index < -0.39 is 0 Å². The van der Waals surface area contributed by atoms with Gasteiger partial charge in [-0.15, -0.1) is 0 Å². The van der Waals surface area contributed by atoms with Crippen LogP contribution in [-0.2, 0) is 9.47 Å². The van der Waals surface area contributed by atoms with Crippen molar-refractivity contribution < 1.29 is 14.6 Å². The van der Waals surface area contributed by atoms with Crippen molar-refractivity contribution in [1.29, 1.82) is 0 Å². The topological polar surface area (TPSA) is 64.7 Å². The Labute approximate surface area is 79.0 Å². The van der Waals surface area contributed by atoms with Crippen LogP contribution in [-0.4, -0.2) is 36.8 Å². The predicted molar refractivity (Wildman–Crippen MR) is 49.2 cm³/mol. The number of hydrogen-bond acceptors (Lipinski definition) is 4. The van der Waals surface area contributed by atoms with Crippen molar-refractivity contribution >= 4 is 0 Å². The lowest BCUT2D eigenvalue weighted by atomic mass is 10.1. The quantitative estimate of drug-likeness (QED) is 0.665. The second kappa shape index (κ2) is 5.54. The summed E-state index contributed by atoms with van der Waals surface area (Å²) in [5.41, 5.74) is 5.45. The van der Waals surface area contributed by atoms with Crippen LogP contribution < -0.4 is 5.73 Å². The van der Waals surface area contributed by atoms with E-state index in [4.69, 9.17) is 20.3 Å². The molecule has 1 saturated heterocycles. The maximum atomic E-state index is 8.78. The highest BCUT2D eigenvalue weighted by Crippen LogP contribution is 2.21. The third kappa shape index (κ3) is 3.60. The number of aliphatic hydroxyl groups is 1. The zero-order valence-electron chi connectivity index (χ0n) is 8.11. The molecule has 3 atom stereocenters. The summed E-state index contributed by atoms with van der Waals surface area (Å²) in [5, 5.41) is 8.78. The molecule has 0 aliphatic carbocycles. The molecule has 1 heterocycles. The summed E-state index contributed by atoms with van der Waals surface area (Å²) >= 11 is 0. The number of hydrogen-bond donors (Lipinski definition) is 2. The average molecular weight is 189 g/mol. The van der Waals surface area contributed by atoms with E-state index in [2.05, 4.69) is 0 Å². The molecule has 3 unspecified atom stereocenters. The van der Waals surface area contributed by atoms with Gasteiger partial charge in [0.2, 0.25) is 0 Å². The Morgan fingerprint density at radius 3 is 2.46 bits per heavy atom. The molecule has 1 aliphatic heterocycles. The van der Waals surface area contributed by atoms with Crippen LogP contribution in [0.5, 0.6) is 0 Å². The summed E-state index contributed by atoms with van der Waals surface area (Å²) in [5.74, 6) is 0. The largest absolute Gasteiger partial charge is 0.396 e. The minimum absolute atomic E-state index is 0.130. The van der Waals surface area contributed by atoms with E-state index in [0.29, 0.717) is 13.0 Å². The number of ether oxygens (including phenoxy) is 2. The molecule has 0 radical (unpaired) electrons. The first-order chi connectivity index (χ1) is 6.26. The third-order valence-corrected chi connectivity index (χ3v) is 2.23. The highest BCUT2D eigenvalue weighted by atomic mass is 16.7. The molecular weight excluding hydrogens is 170 g/mol. The fourth-order valence-electron chi connectivity index (χ4n) is 1.68. The second-order valence-corrected chi connectivity index (χ2v) is 3.41. The smallest absolute Gasteiger partial charge is 0.155 e. The molecule has 0 aromatic rings. The Hall–Kier alpha value is -0.160. The standard InChI is InChI=1S/C9H19NO3/c1-7-12-8(2-4-10)6-9(13-7)3-5-11/h7-9,11H,2-6,10H2,1H3. The fourth-order valence-corrected chi connectivity index (χ4v) is 1.68.